The van der Waals surface area contributed by atoms with Crippen molar-refractivity contribution < 1.29 is 0 Å². The topological polar surface area (TPSA) is 0 Å². The zero-order valence-corrected chi connectivity index (χ0v) is 10.2. The van der Waals surface area contributed by atoms with Crippen molar-refractivity contribution in [3.05, 3.63) is 48.6 Å². The molecule has 0 fully saturated rings. The lowest BCUT2D eigenvalue weighted by Crippen LogP contribution is -1.64. The van der Waals surface area contributed by atoms with Crippen molar-refractivity contribution in [2.45, 2.75) is 46.0 Å². The minimum absolute atomic E-state index is 1.17. The molecule has 15 heavy (non-hydrogen) atoms. The molecule has 0 aliphatic carbocycles. The third kappa shape index (κ3) is 13.0. The molecule has 0 saturated heterocycles. The van der Waals surface area contributed by atoms with Gasteiger partial charge in [-0.3, -0.25) is 0 Å². The van der Waals surface area contributed by atoms with Crippen LogP contribution in [0.3, 0.4) is 0 Å². The second-order valence-electron chi connectivity index (χ2n) is 3.56. The van der Waals surface area contributed by atoms with E-state index in [9.17, 15) is 0 Å². The van der Waals surface area contributed by atoms with Gasteiger partial charge in [0.2, 0.25) is 0 Å². The highest BCUT2D eigenvalue weighted by Gasteiger charge is 1.74. The zero-order chi connectivity index (χ0) is 11.2. The van der Waals surface area contributed by atoms with Gasteiger partial charge in [0.25, 0.3) is 0 Å². The summed E-state index contributed by atoms with van der Waals surface area (Å²) in [5.41, 5.74) is 0. The van der Waals surface area contributed by atoms with Crippen LogP contribution < -0.4 is 0 Å². The number of unbranched alkanes of at least 4 members (excludes halogenated alkanes) is 3. The van der Waals surface area contributed by atoms with Crippen LogP contribution in [0, 0.1) is 0 Å². The summed E-state index contributed by atoms with van der Waals surface area (Å²) < 4.78 is 0. The van der Waals surface area contributed by atoms with Crippen LogP contribution in [0.2, 0.25) is 0 Å². The van der Waals surface area contributed by atoms with Crippen LogP contribution in [0.4, 0.5) is 0 Å². The van der Waals surface area contributed by atoms with E-state index in [1.54, 1.807) is 0 Å². The summed E-state index contributed by atoms with van der Waals surface area (Å²) in [5.74, 6) is 0. The van der Waals surface area contributed by atoms with Gasteiger partial charge in [-0.1, -0.05) is 81.7 Å². The maximum Gasteiger partial charge on any atom is -0.0348 e. The molecule has 0 heterocycles. The fourth-order valence-corrected chi connectivity index (χ4v) is 1.09. The minimum Gasteiger partial charge on any atom is -0.0845 e. The Morgan fingerprint density at radius 3 is 1.67 bits per heavy atom. The van der Waals surface area contributed by atoms with E-state index >= 15 is 0 Å². The maximum atomic E-state index is 2.22. The Morgan fingerprint density at radius 1 is 0.600 bits per heavy atom. The van der Waals surface area contributed by atoms with Crippen LogP contribution in [0.25, 0.3) is 0 Å². The van der Waals surface area contributed by atoms with Gasteiger partial charge in [0.05, 0.1) is 0 Å². The third-order valence-corrected chi connectivity index (χ3v) is 2.01. The molecule has 0 atom stereocenters. The molecule has 0 rings (SSSR count). The zero-order valence-electron chi connectivity index (χ0n) is 10.2. The predicted octanol–water partition coefficient (Wildman–Crippen LogP) is 5.20. The quantitative estimate of drug-likeness (QED) is 0.376. The number of allylic oxidation sites excluding steroid dienone is 8. The number of hydrogen-bond donors (Lipinski definition) is 0. The van der Waals surface area contributed by atoms with E-state index in [0.29, 0.717) is 0 Å². The first-order valence-electron chi connectivity index (χ1n) is 6.06. The predicted molar refractivity (Wildman–Crippen MR) is 71.0 cm³/mol. The van der Waals surface area contributed by atoms with Gasteiger partial charge in [0, 0.05) is 0 Å². The summed E-state index contributed by atoms with van der Waals surface area (Å²) in [6, 6.07) is 0. The molecule has 0 N–H and O–H groups in total. The Hall–Kier alpha value is -1.04. The molecule has 0 radical (unpaired) electrons. The molecule has 0 aromatic heterocycles. The Kier molecular flexibility index (Phi) is 12.1. The minimum atomic E-state index is 1.17. The summed E-state index contributed by atoms with van der Waals surface area (Å²) in [6.07, 6.45) is 23.1. The fourth-order valence-electron chi connectivity index (χ4n) is 1.09. The molecule has 0 aliphatic rings. The van der Waals surface area contributed by atoms with E-state index in [2.05, 4.69) is 62.5 Å². The molecular weight excluding hydrogens is 180 g/mol. The Labute approximate surface area is 95.1 Å². The van der Waals surface area contributed by atoms with Crippen molar-refractivity contribution in [3.63, 3.8) is 0 Å². The van der Waals surface area contributed by atoms with Gasteiger partial charge < -0.3 is 0 Å². The molecule has 0 aliphatic heterocycles. The standard InChI is InChI=1S/C15H24/c1-3-5-7-9-11-13-15-14-12-10-8-6-4-2/h7,9-15H,3-6,8H2,1-2H3. The van der Waals surface area contributed by atoms with Gasteiger partial charge >= 0.3 is 0 Å². The fraction of sp³-hybridized carbons (Fsp3) is 0.467. The van der Waals surface area contributed by atoms with E-state index < -0.39 is 0 Å². The highest BCUT2D eigenvalue weighted by atomic mass is 13.8. The lowest BCUT2D eigenvalue weighted by molar-refractivity contribution is 0.815. The van der Waals surface area contributed by atoms with Crippen molar-refractivity contribution in [1.82, 2.24) is 0 Å². The molecule has 0 spiro atoms. The smallest absolute Gasteiger partial charge is 0.0348 e. The molecule has 0 amide bonds. The summed E-state index contributed by atoms with van der Waals surface area (Å²) >= 11 is 0. The third-order valence-electron chi connectivity index (χ3n) is 2.01. The largest absolute Gasteiger partial charge is 0.0845 e. The Balaban J connectivity index is 3.48. The van der Waals surface area contributed by atoms with Gasteiger partial charge in [-0.05, 0) is 12.8 Å². The molecule has 0 aromatic rings. The van der Waals surface area contributed by atoms with Gasteiger partial charge in [-0.2, -0.15) is 0 Å². The molecule has 0 saturated carbocycles. The van der Waals surface area contributed by atoms with E-state index in [0.717, 1.165) is 0 Å². The lowest BCUT2D eigenvalue weighted by atomic mass is 10.2. The average Bonchev–Trinajstić information content (AvgIpc) is 2.26. The molecular formula is C15H24. The van der Waals surface area contributed by atoms with Crippen LogP contribution in [0.1, 0.15) is 46.0 Å². The monoisotopic (exact) mass is 204 g/mol. The van der Waals surface area contributed by atoms with Gasteiger partial charge in [-0.15, -0.1) is 0 Å². The molecule has 0 heteroatoms. The second-order valence-corrected chi connectivity index (χ2v) is 3.56. The van der Waals surface area contributed by atoms with Gasteiger partial charge in [0.15, 0.2) is 0 Å². The molecule has 84 valence electrons. The van der Waals surface area contributed by atoms with E-state index in [1.807, 2.05) is 0 Å². The van der Waals surface area contributed by atoms with Crippen LogP contribution in [-0.2, 0) is 0 Å². The Bertz CT molecular complexity index is 216. The maximum absolute atomic E-state index is 2.22. The Morgan fingerprint density at radius 2 is 1.13 bits per heavy atom. The first-order valence-corrected chi connectivity index (χ1v) is 6.06. The normalized spacial score (nSPS) is 12.9. The van der Waals surface area contributed by atoms with Crippen LogP contribution >= 0.6 is 0 Å². The number of rotatable bonds is 8. The highest BCUT2D eigenvalue weighted by Crippen LogP contribution is 1.95. The van der Waals surface area contributed by atoms with Crippen molar-refractivity contribution in [2.75, 3.05) is 0 Å². The molecule has 0 nitrogen and oxygen atoms in total. The first-order chi connectivity index (χ1) is 7.41. The van der Waals surface area contributed by atoms with Gasteiger partial charge in [-0.25, -0.2) is 0 Å². The first kappa shape index (κ1) is 14.0. The summed E-state index contributed by atoms with van der Waals surface area (Å²) in [6.45, 7) is 4.41. The second kappa shape index (κ2) is 13.0. The van der Waals surface area contributed by atoms with Crippen molar-refractivity contribution in [2.24, 2.45) is 0 Å². The summed E-state index contributed by atoms with van der Waals surface area (Å²) in [5, 5.41) is 0. The molecule has 0 bridgehead atoms. The number of hydrogen-bond acceptors (Lipinski definition) is 0. The van der Waals surface area contributed by atoms with Crippen molar-refractivity contribution in [3.8, 4) is 0 Å². The molecule has 0 unspecified atom stereocenters. The average molecular weight is 204 g/mol. The summed E-state index contributed by atoms with van der Waals surface area (Å²) in [4.78, 5) is 0. The summed E-state index contributed by atoms with van der Waals surface area (Å²) in [7, 11) is 0. The molecule has 0 aromatic carbocycles. The van der Waals surface area contributed by atoms with E-state index in [1.165, 1.54) is 32.1 Å². The highest BCUT2D eigenvalue weighted by molar-refractivity contribution is 5.15. The van der Waals surface area contributed by atoms with Crippen LogP contribution in [0.5, 0.6) is 0 Å². The van der Waals surface area contributed by atoms with E-state index in [-0.39, 0.29) is 0 Å². The lowest BCUT2D eigenvalue weighted by Gasteiger charge is -1.85. The van der Waals surface area contributed by atoms with Crippen molar-refractivity contribution >= 4 is 0 Å². The van der Waals surface area contributed by atoms with Crippen molar-refractivity contribution in [1.29, 1.82) is 0 Å². The van der Waals surface area contributed by atoms with Crippen LogP contribution in [0.15, 0.2) is 48.6 Å². The van der Waals surface area contributed by atoms with E-state index in [4.69, 9.17) is 0 Å². The van der Waals surface area contributed by atoms with Gasteiger partial charge in [0.1, 0.15) is 0 Å². The SMILES string of the molecule is CCCC=CC=CC=CC=CCCCC. The van der Waals surface area contributed by atoms with Crippen LogP contribution in [-0.4, -0.2) is 0 Å².